The normalized spacial score (nSPS) is 10.1. The predicted octanol–water partition coefficient (Wildman–Crippen LogP) is 2.46. The molecule has 1 amide bonds. The average molecular weight is 292 g/mol. The molecule has 0 spiro atoms. The smallest absolute Gasteiger partial charge is 0.272 e. The highest BCUT2D eigenvalue weighted by atomic mass is 35.5. The molecule has 2 rings (SSSR count). The van der Waals surface area contributed by atoms with Gasteiger partial charge in [0.2, 0.25) is 0 Å². The Morgan fingerprint density at radius 2 is 2.15 bits per heavy atom. The van der Waals surface area contributed by atoms with Gasteiger partial charge in [0.15, 0.2) is 10.8 Å². The van der Waals surface area contributed by atoms with Crippen molar-refractivity contribution in [1.29, 1.82) is 0 Å². The van der Waals surface area contributed by atoms with Crippen molar-refractivity contribution in [2.45, 2.75) is 13.5 Å². The standard InChI is InChI=1S/C14H14ClN3O2/c1-2-20-11-5-3-4-10(8-11)9-16-14(19)12-6-7-13(15)18-17-12/h3-8H,2,9H2,1H3,(H,16,19). The summed E-state index contributed by atoms with van der Waals surface area (Å²) in [6.45, 7) is 2.92. The van der Waals surface area contributed by atoms with E-state index in [4.69, 9.17) is 16.3 Å². The SMILES string of the molecule is CCOc1cccc(CNC(=O)c2ccc(Cl)nn2)c1. The maximum atomic E-state index is 11.9. The Kier molecular flexibility index (Phi) is 4.90. The van der Waals surface area contributed by atoms with Crippen molar-refractivity contribution in [1.82, 2.24) is 15.5 Å². The van der Waals surface area contributed by atoms with E-state index in [-0.39, 0.29) is 16.8 Å². The molecule has 0 aliphatic carbocycles. The number of rotatable bonds is 5. The zero-order chi connectivity index (χ0) is 14.4. The number of aromatic nitrogens is 2. The highest BCUT2D eigenvalue weighted by Crippen LogP contribution is 2.13. The summed E-state index contributed by atoms with van der Waals surface area (Å²) in [4.78, 5) is 11.9. The van der Waals surface area contributed by atoms with E-state index in [9.17, 15) is 4.79 Å². The fraction of sp³-hybridized carbons (Fsp3) is 0.214. The van der Waals surface area contributed by atoms with Crippen LogP contribution < -0.4 is 10.1 Å². The third-order valence-electron chi connectivity index (χ3n) is 2.53. The maximum Gasteiger partial charge on any atom is 0.272 e. The summed E-state index contributed by atoms with van der Waals surface area (Å²) in [5, 5.41) is 10.4. The molecule has 1 aromatic heterocycles. The summed E-state index contributed by atoms with van der Waals surface area (Å²) in [6.07, 6.45) is 0. The van der Waals surface area contributed by atoms with Crippen LogP contribution in [0.3, 0.4) is 0 Å². The van der Waals surface area contributed by atoms with Gasteiger partial charge >= 0.3 is 0 Å². The molecule has 0 fully saturated rings. The maximum absolute atomic E-state index is 11.9. The fourth-order valence-electron chi connectivity index (χ4n) is 1.62. The number of ether oxygens (including phenoxy) is 1. The molecule has 0 bridgehead atoms. The Morgan fingerprint density at radius 1 is 1.30 bits per heavy atom. The molecule has 1 heterocycles. The summed E-state index contributed by atoms with van der Waals surface area (Å²) in [6, 6.07) is 10.6. The molecule has 6 heteroatoms. The van der Waals surface area contributed by atoms with Gasteiger partial charge < -0.3 is 10.1 Å². The molecule has 0 unspecified atom stereocenters. The molecule has 0 saturated heterocycles. The van der Waals surface area contributed by atoms with Crippen LogP contribution in [0.1, 0.15) is 23.0 Å². The molecule has 5 nitrogen and oxygen atoms in total. The number of halogens is 1. The van der Waals surface area contributed by atoms with E-state index >= 15 is 0 Å². The number of amides is 1. The van der Waals surface area contributed by atoms with Crippen LogP contribution in [0.5, 0.6) is 5.75 Å². The largest absolute Gasteiger partial charge is 0.494 e. The van der Waals surface area contributed by atoms with Crippen molar-refractivity contribution >= 4 is 17.5 Å². The minimum absolute atomic E-state index is 0.232. The van der Waals surface area contributed by atoms with Crippen molar-refractivity contribution in [2.24, 2.45) is 0 Å². The Labute approximate surface area is 121 Å². The summed E-state index contributed by atoms with van der Waals surface area (Å²) in [5.41, 5.74) is 1.18. The van der Waals surface area contributed by atoms with Gasteiger partial charge in [-0.3, -0.25) is 4.79 Å². The van der Waals surface area contributed by atoms with Gasteiger partial charge in [-0.1, -0.05) is 23.7 Å². The lowest BCUT2D eigenvalue weighted by atomic mass is 10.2. The van der Waals surface area contributed by atoms with Crippen molar-refractivity contribution in [3.8, 4) is 5.75 Å². The molecule has 0 saturated carbocycles. The van der Waals surface area contributed by atoms with Crippen molar-refractivity contribution in [3.05, 3.63) is 52.8 Å². The monoisotopic (exact) mass is 291 g/mol. The first-order valence-corrected chi connectivity index (χ1v) is 6.56. The first-order valence-electron chi connectivity index (χ1n) is 6.18. The number of nitrogens with zero attached hydrogens (tertiary/aromatic N) is 2. The minimum atomic E-state index is -0.295. The van der Waals surface area contributed by atoms with Gasteiger partial charge in [-0.05, 0) is 36.8 Å². The van der Waals surface area contributed by atoms with Crippen molar-refractivity contribution in [2.75, 3.05) is 6.61 Å². The van der Waals surface area contributed by atoms with Gasteiger partial charge in [0, 0.05) is 6.54 Å². The lowest BCUT2D eigenvalue weighted by Gasteiger charge is -2.07. The van der Waals surface area contributed by atoms with Crippen LogP contribution in [0.4, 0.5) is 0 Å². The number of nitrogens with one attached hydrogen (secondary N) is 1. The Hall–Kier alpha value is -2.14. The van der Waals surface area contributed by atoms with Crippen LogP contribution >= 0.6 is 11.6 Å². The van der Waals surface area contributed by atoms with Crippen LogP contribution in [0, 0.1) is 0 Å². The topological polar surface area (TPSA) is 64.1 Å². The van der Waals surface area contributed by atoms with Crippen LogP contribution in [0.15, 0.2) is 36.4 Å². The summed E-state index contributed by atoms with van der Waals surface area (Å²) in [5.74, 6) is 0.488. The lowest BCUT2D eigenvalue weighted by Crippen LogP contribution is -2.24. The molecule has 1 aromatic carbocycles. The molecule has 0 aliphatic rings. The van der Waals surface area contributed by atoms with Gasteiger partial charge in [-0.2, -0.15) is 0 Å². The molecular formula is C14H14ClN3O2. The predicted molar refractivity (Wildman–Crippen MR) is 75.8 cm³/mol. The summed E-state index contributed by atoms with van der Waals surface area (Å²) < 4.78 is 5.40. The van der Waals surface area contributed by atoms with Gasteiger partial charge in [0.05, 0.1) is 6.61 Å². The second-order valence-electron chi connectivity index (χ2n) is 4.00. The molecule has 104 valence electrons. The number of hydrogen-bond acceptors (Lipinski definition) is 4. The Balaban J connectivity index is 1.96. The third kappa shape index (κ3) is 3.93. The van der Waals surface area contributed by atoms with E-state index in [1.807, 2.05) is 31.2 Å². The first-order chi connectivity index (χ1) is 9.69. The van der Waals surface area contributed by atoms with Crippen LogP contribution in [-0.4, -0.2) is 22.7 Å². The van der Waals surface area contributed by atoms with E-state index < -0.39 is 0 Å². The third-order valence-corrected chi connectivity index (χ3v) is 2.73. The minimum Gasteiger partial charge on any atom is -0.494 e. The van der Waals surface area contributed by atoms with E-state index in [0.29, 0.717) is 13.2 Å². The second kappa shape index (κ2) is 6.86. The summed E-state index contributed by atoms with van der Waals surface area (Å²) >= 11 is 5.62. The van der Waals surface area contributed by atoms with E-state index in [1.165, 1.54) is 12.1 Å². The highest BCUT2D eigenvalue weighted by molar-refractivity contribution is 6.29. The Bertz CT molecular complexity index is 587. The van der Waals surface area contributed by atoms with Crippen LogP contribution in [0.25, 0.3) is 0 Å². The fourth-order valence-corrected chi connectivity index (χ4v) is 1.72. The van der Waals surface area contributed by atoms with Crippen molar-refractivity contribution in [3.63, 3.8) is 0 Å². The van der Waals surface area contributed by atoms with Gasteiger partial charge in [-0.25, -0.2) is 0 Å². The number of hydrogen-bond donors (Lipinski definition) is 1. The van der Waals surface area contributed by atoms with Crippen LogP contribution in [-0.2, 0) is 6.54 Å². The lowest BCUT2D eigenvalue weighted by molar-refractivity contribution is 0.0945. The summed E-state index contributed by atoms with van der Waals surface area (Å²) in [7, 11) is 0. The molecular weight excluding hydrogens is 278 g/mol. The number of benzene rings is 1. The highest BCUT2D eigenvalue weighted by Gasteiger charge is 2.07. The first kappa shape index (κ1) is 14.3. The zero-order valence-electron chi connectivity index (χ0n) is 11.0. The van der Waals surface area contributed by atoms with E-state index in [1.54, 1.807) is 0 Å². The molecule has 0 atom stereocenters. The van der Waals surface area contributed by atoms with Gasteiger partial charge in [0.1, 0.15) is 5.75 Å². The van der Waals surface area contributed by atoms with Crippen LogP contribution in [0.2, 0.25) is 5.15 Å². The molecule has 0 radical (unpaired) electrons. The quantitative estimate of drug-likeness (QED) is 0.919. The molecule has 20 heavy (non-hydrogen) atoms. The average Bonchev–Trinajstić information content (AvgIpc) is 2.46. The zero-order valence-corrected chi connectivity index (χ0v) is 11.7. The number of carbonyl (C=O) groups is 1. The Morgan fingerprint density at radius 3 is 2.85 bits per heavy atom. The van der Waals surface area contributed by atoms with Gasteiger partial charge in [-0.15, -0.1) is 10.2 Å². The van der Waals surface area contributed by atoms with Crippen molar-refractivity contribution < 1.29 is 9.53 Å². The molecule has 2 aromatic rings. The number of carbonyl (C=O) groups excluding carboxylic acids is 1. The van der Waals surface area contributed by atoms with E-state index in [0.717, 1.165) is 11.3 Å². The van der Waals surface area contributed by atoms with Gasteiger partial charge in [0.25, 0.3) is 5.91 Å². The molecule has 0 aliphatic heterocycles. The molecule has 1 N–H and O–H groups in total. The second-order valence-corrected chi connectivity index (χ2v) is 4.39. The van der Waals surface area contributed by atoms with E-state index in [2.05, 4.69) is 15.5 Å².